The van der Waals surface area contributed by atoms with Gasteiger partial charge >= 0.3 is 0 Å². The summed E-state index contributed by atoms with van der Waals surface area (Å²) >= 11 is 0. The number of piperidine rings is 1. The third kappa shape index (κ3) is 3.92. The molecule has 0 atom stereocenters. The molecule has 152 valence electrons. The van der Waals surface area contributed by atoms with Crippen LogP contribution in [0.25, 0.3) is 5.57 Å². The van der Waals surface area contributed by atoms with E-state index in [9.17, 15) is 9.59 Å². The normalized spacial score (nSPS) is 18.9. The van der Waals surface area contributed by atoms with Crippen LogP contribution < -0.4 is 4.74 Å². The van der Waals surface area contributed by atoms with Crippen LogP contribution in [0.5, 0.6) is 5.75 Å². The first-order valence-electron chi connectivity index (χ1n) is 10.1. The summed E-state index contributed by atoms with van der Waals surface area (Å²) in [5.41, 5.74) is 1.83. The second kappa shape index (κ2) is 8.78. The first-order chi connectivity index (χ1) is 13.5. The molecule has 28 heavy (non-hydrogen) atoms. The number of imide groups is 1. The number of nitrogens with zero attached hydrogens (tertiary/aromatic N) is 3. The van der Waals surface area contributed by atoms with Gasteiger partial charge in [-0.05, 0) is 57.1 Å². The molecule has 1 aromatic rings. The minimum atomic E-state index is -0.182. The highest BCUT2D eigenvalue weighted by atomic mass is 16.5. The molecule has 2 heterocycles. The lowest BCUT2D eigenvalue weighted by Gasteiger charge is -2.36. The van der Waals surface area contributed by atoms with E-state index in [-0.39, 0.29) is 17.9 Å². The SMILES string of the molecule is CCCCN1C(=O)C(c2ccc(OC)cc2)=C(N(C)C2CCN(C)CC2)C1=O. The Labute approximate surface area is 167 Å². The fourth-order valence-electron chi connectivity index (χ4n) is 3.99. The summed E-state index contributed by atoms with van der Waals surface area (Å²) in [4.78, 5) is 32.2. The number of ether oxygens (including phenoxy) is 1. The van der Waals surface area contributed by atoms with Crippen molar-refractivity contribution in [1.29, 1.82) is 0 Å². The molecule has 0 bridgehead atoms. The van der Waals surface area contributed by atoms with Gasteiger partial charge < -0.3 is 14.5 Å². The molecule has 2 aliphatic rings. The van der Waals surface area contributed by atoms with Gasteiger partial charge in [0.2, 0.25) is 0 Å². The van der Waals surface area contributed by atoms with Crippen molar-refractivity contribution in [1.82, 2.24) is 14.7 Å². The van der Waals surface area contributed by atoms with Gasteiger partial charge in [0.1, 0.15) is 11.4 Å². The fourth-order valence-corrected chi connectivity index (χ4v) is 3.99. The molecule has 0 aliphatic carbocycles. The predicted molar refractivity (Wildman–Crippen MR) is 110 cm³/mol. The summed E-state index contributed by atoms with van der Waals surface area (Å²) in [7, 11) is 5.70. The number of amides is 2. The molecular formula is C22H31N3O3. The molecule has 0 unspecified atom stereocenters. The molecule has 6 nitrogen and oxygen atoms in total. The Morgan fingerprint density at radius 1 is 1.11 bits per heavy atom. The van der Waals surface area contributed by atoms with Crippen LogP contribution in [0.15, 0.2) is 30.0 Å². The van der Waals surface area contributed by atoms with Crippen molar-refractivity contribution >= 4 is 17.4 Å². The molecule has 2 aliphatic heterocycles. The molecule has 0 saturated carbocycles. The summed E-state index contributed by atoms with van der Waals surface area (Å²) < 4.78 is 5.24. The molecular weight excluding hydrogens is 354 g/mol. The second-order valence-corrected chi connectivity index (χ2v) is 7.71. The highest BCUT2D eigenvalue weighted by Crippen LogP contribution is 2.34. The summed E-state index contributed by atoms with van der Waals surface area (Å²) in [6, 6.07) is 7.67. The van der Waals surface area contributed by atoms with E-state index >= 15 is 0 Å². The standard InChI is InChI=1S/C22H31N3O3/c1-5-6-13-25-21(26)19(16-7-9-18(28-4)10-8-16)20(22(25)27)24(3)17-11-14-23(2)15-12-17/h7-10,17H,5-6,11-15H2,1-4H3. The maximum atomic E-state index is 13.2. The minimum absolute atomic E-state index is 0.161. The molecule has 0 aromatic heterocycles. The zero-order valence-corrected chi connectivity index (χ0v) is 17.4. The summed E-state index contributed by atoms with van der Waals surface area (Å²) in [6.07, 6.45) is 3.74. The van der Waals surface area contributed by atoms with Gasteiger partial charge in [-0.3, -0.25) is 14.5 Å². The van der Waals surface area contributed by atoms with E-state index in [4.69, 9.17) is 4.74 Å². The Hall–Kier alpha value is -2.34. The molecule has 0 spiro atoms. The Kier molecular flexibility index (Phi) is 6.39. The summed E-state index contributed by atoms with van der Waals surface area (Å²) in [6.45, 7) is 4.54. The smallest absolute Gasteiger partial charge is 0.277 e. The number of carbonyl (C=O) groups is 2. The van der Waals surface area contributed by atoms with Crippen molar-refractivity contribution in [2.75, 3.05) is 40.8 Å². The van der Waals surface area contributed by atoms with Gasteiger partial charge in [0.15, 0.2) is 0 Å². The van der Waals surface area contributed by atoms with Gasteiger partial charge in [-0.25, -0.2) is 0 Å². The maximum absolute atomic E-state index is 13.2. The lowest BCUT2D eigenvalue weighted by atomic mass is 10.00. The van der Waals surface area contributed by atoms with Crippen LogP contribution in [0, 0.1) is 0 Å². The largest absolute Gasteiger partial charge is 0.497 e. The second-order valence-electron chi connectivity index (χ2n) is 7.71. The third-order valence-electron chi connectivity index (χ3n) is 5.85. The zero-order chi connectivity index (χ0) is 20.3. The van der Waals surface area contributed by atoms with Crippen molar-refractivity contribution in [3.8, 4) is 5.75 Å². The average Bonchev–Trinajstić information content (AvgIpc) is 2.96. The molecule has 0 radical (unpaired) electrons. The van der Waals surface area contributed by atoms with E-state index in [1.54, 1.807) is 7.11 Å². The van der Waals surface area contributed by atoms with E-state index in [1.807, 2.05) is 31.3 Å². The van der Waals surface area contributed by atoms with Crippen LogP contribution in [0.3, 0.4) is 0 Å². The predicted octanol–water partition coefficient (Wildman–Crippen LogP) is 2.60. The minimum Gasteiger partial charge on any atom is -0.497 e. The monoisotopic (exact) mass is 385 g/mol. The molecule has 1 aromatic carbocycles. The van der Waals surface area contributed by atoms with E-state index in [1.165, 1.54) is 4.90 Å². The fraction of sp³-hybridized carbons (Fsp3) is 0.545. The number of benzene rings is 1. The first-order valence-corrected chi connectivity index (χ1v) is 10.1. The Morgan fingerprint density at radius 2 is 1.75 bits per heavy atom. The number of hydrogen-bond donors (Lipinski definition) is 0. The van der Waals surface area contributed by atoms with Crippen molar-refractivity contribution < 1.29 is 14.3 Å². The highest BCUT2D eigenvalue weighted by molar-refractivity contribution is 6.35. The van der Waals surface area contributed by atoms with Gasteiger partial charge in [-0.15, -0.1) is 0 Å². The van der Waals surface area contributed by atoms with Gasteiger partial charge in [0, 0.05) is 19.6 Å². The van der Waals surface area contributed by atoms with Crippen LogP contribution in [-0.2, 0) is 9.59 Å². The highest BCUT2D eigenvalue weighted by Gasteiger charge is 2.42. The van der Waals surface area contributed by atoms with Gasteiger partial charge in [0.05, 0.1) is 12.7 Å². The van der Waals surface area contributed by atoms with Crippen molar-refractivity contribution in [2.45, 2.75) is 38.6 Å². The number of hydrogen-bond acceptors (Lipinski definition) is 5. The van der Waals surface area contributed by atoms with E-state index in [0.29, 0.717) is 17.8 Å². The number of likely N-dealkylation sites (N-methyl/N-ethyl adjacent to an activating group) is 1. The topological polar surface area (TPSA) is 53.1 Å². The van der Waals surface area contributed by atoms with Crippen LogP contribution >= 0.6 is 0 Å². The molecule has 3 rings (SSSR count). The van der Waals surface area contributed by atoms with E-state index in [0.717, 1.165) is 50.1 Å². The van der Waals surface area contributed by atoms with Crippen LogP contribution in [0.4, 0.5) is 0 Å². The van der Waals surface area contributed by atoms with E-state index in [2.05, 4.69) is 23.8 Å². The molecule has 6 heteroatoms. The number of unbranched alkanes of at least 4 members (excludes halogenated alkanes) is 1. The Bertz CT molecular complexity index is 749. The quantitative estimate of drug-likeness (QED) is 0.676. The number of methoxy groups -OCH3 is 1. The molecule has 0 N–H and O–H groups in total. The molecule has 1 saturated heterocycles. The van der Waals surface area contributed by atoms with Crippen molar-refractivity contribution in [3.05, 3.63) is 35.5 Å². The zero-order valence-electron chi connectivity index (χ0n) is 17.4. The van der Waals surface area contributed by atoms with E-state index < -0.39 is 0 Å². The number of likely N-dealkylation sites (tertiary alicyclic amines) is 1. The van der Waals surface area contributed by atoms with Gasteiger partial charge in [-0.2, -0.15) is 0 Å². The maximum Gasteiger partial charge on any atom is 0.277 e. The van der Waals surface area contributed by atoms with Crippen LogP contribution in [0.2, 0.25) is 0 Å². The van der Waals surface area contributed by atoms with Gasteiger partial charge in [0.25, 0.3) is 11.8 Å². The molecule has 2 amide bonds. The molecule has 1 fully saturated rings. The Morgan fingerprint density at radius 3 is 2.32 bits per heavy atom. The third-order valence-corrected chi connectivity index (χ3v) is 5.85. The first kappa shape index (κ1) is 20.4. The van der Waals surface area contributed by atoms with Gasteiger partial charge in [-0.1, -0.05) is 25.5 Å². The average molecular weight is 386 g/mol. The Balaban J connectivity index is 1.98. The number of carbonyl (C=O) groups excluding carboxylic acids is 2. The lowest BCUT2D eigenvalue weighted by molar-refractivity contribution is -0.137. The van der Waals surface area contributed by atoms with Crippen LogP contribution in [-0.4, -0.2) is 73.4 Å². The van der Waals surface area contributed by atoms with Crippen molar-refractivity contribution in [2.24, 2.45) is 0 Å². The summed E-state index contributed by atoms with van der Waals surface area (Å²) in [5.74, 6) is 0.387. The number of rotatable bonds is 7. The summed E-state index contributed by atoms with van der Waals surface area (Å²) in [5, 5.41) is 0. The lowest BCUT2D eigenvalue weighted by Crippen LogP contribution is -2.43. The van der Waals surface area contributed by atoms with Crippen molar-refractivity contribution in [3.63, 3.8) is 0 Å². The van der Waals surface area contributed by atoms with Crippen LogP contribution in [0.1, 0.15) is 38.2 Å².